The fraction of sp³-hybridized carbons (Fsp3) is 0.900. The number of hydrogen-bond acceptors (Lipinski definition) is 4. The number of hydroxylamine groups is 1. The van der Waals surface area contributed by atoms with Crippen LogP contribution >= 0.6 is 7.60 Å². The van der Waals surface area contributed by atoms with Crippen molar-refractivity contribution in [3.05, 3.63) is 5.21 Å². The normalized spacial score (nSPS) is 49.1. The van der Waals surface area contributed by atoms with Gasteiger partial charge in [0.25, 0.3) is 5.28 Å². The van der Waals surface area contributed by atoms with Crippen LogP contribution in [-0.4, -0.2) is 28.4 Å². The van der Waals surface area contributed by atoms with E-state index in [1.54, 1.807) is 6.92 Å². The van der Waals surface area contributed by atoms with Crippen LogP contribution in [0.1, 0.15) is 40.0 Å². The lowest BCUT2D eigenvalue weighted by Gasteiger charge is -2.38. The second-order valence-electron chi connectivity index (χ2n) is 4.83. The minimum Gasteiger partial charge on any atom is -0.623 e. The van der Waals surface area contributed by atoms with Gasteiger partial charge in [0.1, 0.15) is 0 Å². The molecule has 2 aliphatic heterocycles. The monoisotopic (exact) mass is 247 g/mol. The number of rotatable bonds is 1. The topological polar surface area (TPSA) is 61.6 Å². The SMILES string of the molecule is CC1CC(C)OP(=O)(C2(C)CCC=[N+]2[O-])O1. The van der Waals surface area contributed by atoms with Gasteiger partial charge in [0, 0.05) is 26.2 Å². The first-order valence-corrected chi connectivity index (χ1v) is 7.18. The Bertz CT molecular complexity index is 356. The van der Waals surface area contributed by atoms with E-state index in [-0.39, 0.29) is 12.2 Å². The second kappa shape index (κ2) is 3.83. The molecule has 0 saturated carbocycles. The fourth-order valence-electron chi connectivity index (χ4n) is 2.30. The molecule has 0 aromatic heterocycles. The van der Waals surface area contributed by atoms with Crippen molar-refractivity contribution in [3.8, 4) is 0 Å². The van der Waals surface area contributed by atoms with Crippen LogP contribution in [0.25, 0.3) is 0 Å². The first-order chi connectivity index (χ1) is 7.37. The molecule has 0 amide bonds. The van der Waals surface area contributed by atoms with Crippen molar-refractivity contribution in [2.45, 2.75) is 57.5 Å². The second-order valence-corrected chi connectivity index (χ2v) is 7.21. The van der Waals surface area contributed by atoms with Gasteiger partial charge < -0.3 is 14.3 Å². The molecule has 0 aliphatic carbocycles. The molecule has 5 nitrogen and oxygen atoms in total. The van der Waals surface area contributed by atoms with Gasteiger partial charge in [-0.2, -0.15) is 4.74 Å². The Kier molecular flexibility index (Phi) is 2.89. The predicted octanol–water partition coefficient (Wildman–Crippen LogP) is 2.48. The van der Waals surface area contributed by atoms with Crippen molar-refractivity contribution < 1.29 is 18.4 Å². The van der Waals surface area contributed by atoms with E-state index in [4.69, 9.17) is 9.05 Å². The van der Waals surface area contributed by atoms with Crippen LogP contribution in [0.4, 0.5) is 0 Å². The summed E-state index contributed by atoms with van der Waals surface area (Å²) in [6.45, 7) is 5.39. The predicted molar refractivity (Wildman–Crippen MR) is 60.6 cm³/mol. The van der Waals surface area contributed by atoms with Crippen molar-refractivity contribution in [1.29, 1.82) is 0 Å². The van der Waals surface area contributed by atoms with E-state index < -0.39 is 12.9 Å². The summed E-state index contributed by atoms with van der Waals surface area (Å²) in [5.74, 6) is 0. The van der Waals surface area contributed by atoms with Gasteiger partial charge in [0.15, 0.2) is 6.21 Å². The Labute approximate surface area is 95.6 Å². The summed E-state index contributed by atoms with van der Waals surface area (Å²) in [6.07, 6.45) is 3.12. The Morgan fingerprint density at radius 2 is 2.00 bits per heavy atom. The van der Waals surface area contributed by atoms with Gasteiger partial charge in [-0.3, -0.25) is 4.57 Å². The Morgan fingerprint density at radius 1 is 1.44 bits per heavy atom. The summed E-state index contributed by atoms with van der Waals surface area (Å²) >= 11 is 0. The summed E-state index contributed by atoms with van der Waals surface area (Å²) in [7, 11) is -3.36. The highest BCUT2D eigenvalue weighted by Gasteiger charge is 2.59. The maximum Gasteiger partial charge on any atom is 0.402 e. The Hall–Kier alpha value is -0.380. The molecule has 2 heterocycles. The molecule has 0 bridgehead atoms. The van der Waals surface area contributed by atoms with Gasteiger partial charge >= 0.3 is 7.60 Å². The van der Waals surface area contributed by atoms with Crippen LogP contribution in [0.15, 0.2) is 0 Å². The largest absolute Gasteiger partial charge is 0.623 e. The first kappa shape index (κ1) is 12.1. The van der Waals surface area contributed by atoms with E-state index >= 15 is 0 Å². The number of hydrogen-bond donors (Lipinski definition) is 0. The zero-order valence-corrected chi connectivity index (χ0v) is 10.8. The van der Waals surface area contributed by atoms with Gasteiger partial charge in [-0.15, -0.1) is 0 Å². The minimum absolute atomic E-state index is 0.125. The molecule has 92 valence electrons. The van der Waals surface area contributed by atoms with Crippen molar-refractivity contribution in [2.75, 3.05) is 0 Å². The minimum atomic E-state index is -3.36. The molecule has 0 radical (unpaired) electrons. The van der Waals surface area contributed by atoms with Gasteiger partial charge in [-0.25, -0.2) is 0 Å². The van der Waals surface area contributed by atoms with Crippen molar-refractivity contribution in [1.82, 2.24) is 0 Å². The van der Waals surface area contributed by atoms with Crippen molar-refractivity contribution >= 4 is 13.8 Å². The van der Waals surface area contributed by atoms with E-state index in [1.807, 2.05) is 13.8 Å². The summed E-state index contributed by atoms with van der Waals surface area (Å²) < 4.78 is 24.4. The molecule has 1 fully saturated rings. The zero-order chi connectivity index (χ0) is 12.0. The van der Waals surface area contributed by atoms with Gasteiger partial charge in [0.2, 0.25) is 0 Å². The first-order valence-electron chi connectivity index (χ1n) is 5.64. The quantitative estimate of drug-likeness (QED) is 0.405. The third-order valence-electron chi connectivity index (χ3n) is 3.28. The molecule has 1 saturated heterocycles. The van der Waals surface area contributed by atoms with Crippen LogP contribution in [0.5, 0.6) is 0 Å². The van der Waals surface area contributed by atoms with Gasteiger partial charge in [-0.05, 0) is 13.8 Å². The Morgan fingerprint density at radius 3 is 2.44 bits per heavy atom. The van der Waals surface area contributed by atoms with Crippen LogP contribution in [0.3, 0.4) is 0 Å². The fourth-order valence-corrected chi connectivity index (χ4v) is 4.65. The standard InChI is InChI=1S/C10H18NO4P/c1-8-7-9(2)15-16(13,14-8)10(3)5-4-6-11(10)12/h6,8-9H,4-5,7H2,1-3H3. The molecule has 0 spiro atoms. The molecule has 0 aromatic carbocycles. The maximum absolute atomic E-state index is 12.7. The van der Waals surface area contributed by atoms with E-state index in [1.165, 1.54) is 6.21 Å². The van der Waals surface area contributed by atoms with E-state index in [2.05, 4.69) is 0 Å². The van der Waals surface area contributed by atoms with E-state index in [9.17, 15) is 9.77 Å². The molecule has 2 rings (SSSR count). The summed E-state index contributed by atoms with van der Waals surface area (Å²) in [5.41, 5.74) is 0. The highest BCUT2D eigenvalue weighted by Crippen LogP contribution is 2.66. The average Bonchev–Trinajstić information content (AvgIpc) is 2.46. The lowest BCUT2D eigenvalue weighted by molar-refractivity contribution is -0.507. The van der Waals surface area contributed by atoms with E-state index in [0.717, 1.165) is 4.74 Å². The Balaban J connectivity index is 2.31. The van der Waals surface area contributed by atoms with Crippen LogP contribution in [-0.2, 0) is 13.6 Å². The molecule has 16 heavy (non-hydrogen) atoms. The number of nitrogens with zero attached hydrogens (tertiary/aromatic N) is 1. The van der Waals surface area contributed by atoms with Crippen molar-refractivity contribution in [3.63, 3.8) is 0 Å². The van der Waals surface area contributed by atoms with Gasteiger partial charge in [0.05, 0.1) is 12.2 Å². The molecule has 0 aromatic rings. The van der Waals surface area contributed by atoms with Crippen LogP contribution in [0, 0.1) is 5.21 Å². The highest BCUT2D eigenvalue weighted by molar-refractivity contribution is 7.55. The van der Waals surface area contributed by atoms with Crippen molar-refractivity contribution in [2.24, 2.45) is 0 Å². The lowest BCUT2D eigenvalue weighted by Crippen LogP contribution is -2.39. The lowest BCUT2D eigenvalue weighted by atomic mass is 10.2. The summed E-state index contributed by atoms with van der Waals surface area (Å²) in [6, 6.07) is 0. The molecule has 0 N–H and O–H groups in total. The summed E-state index contributed by atoms with van der Waals surface area (Å²) in [5, 5.41) is 10.7. The molecule has 3 unspecified atom stereocenters. The molecular weight excluding hydrogens is 229 g/mol. The molecular formula is C10H18NO4P. The smallest absolute Gasteiger partial charge is 0.402 e. The molecule has 2 aliphatic rings. The maximum atomic E-state index is 12.7. The summed E-state index contributed by atoms with van der Waals surface area (Å²) in [4.78, 5) is 0. The zero-order valence-electron chi connectivity index (χ0n) is 9.88. The van der Waals surface area contributed by atoms with Crippen LogP contribution in [0.2, 0.25) is 0 Å². The molecule has 3 atom stereocenters. The van der Waals surface area contributed by atoms with E-state index in [0.29, 0.717) is 19.3 Å². The van der Waals surface area contributed by atoms with Gasteiger partial charge in [-0.1, -0.05) is 0 Å². The highest BCUT2D eigenvalue weighted by atomic mass is 31.2. The van der Waals surface area contributed by atoms with Crippen LogP contribution < -0.4 is 0 Å². The third kappa shape index (κ3) is 1.71. The average molecular weight is 247 g/mol. The third-order valence-corrected chi connectivity index (χ3v) is 6.15. The molecule has 6 heteroatoms.